The second kappa shape index (κ2) is 4.42. The first kappa shape index (κ1) is 13.3. The zero-order valence-corrected chi connectivity index (χ0v) is 11.1. The van der Waals surface area contributed by atoms with E-state index < -0.39 is 23.2 Å². The van der Waals surface area contributed by atoms with Crippen molar-refractivity contribution in [1.29, 1.82) is 0 Å². The van der Waals surface area contributed by atoms with Gasteiger partial charge in [-0.2, -0.15) is 0 Å². The van der Waals surface area contributed by atoms with Crippen molar-refractivity contribution in [2.24, 2.45) is 0 Å². The maximum atomic E-state index is 13.2. The molecule has 1 aliphatic rings. The van der Waals surface area contributed by atoms with Gasteiger partial charge in [-0.1, -0.05) is 11.6 Å². The molecule has 3 N–H and O–H groups in total. The predicted octanol–water partition coefficient (Wildman–Crippen LogP) is 1.10. The third-order valence-corrected chi connectivity index (χ3v) is 3.40. The minimum atomic E-state index is -0.686. The van der Waals surface area contributed by atoms with Gasteiger partial charge in [0.15, 0.2) is 0 Å². The number of amides is 2. The summed E-state index contributed by atoms with van der Waals surface area (Å²) in [5.74, 6) is -2.22. The predicted molar refractivity (Wildman–Crippen MR) is 73.2 cm³/mol. The van der Waals surface area contributed by atoms with Gasteiger partial charge < -0.3 is 5.73 Å². The topological polar surface area (TPSA) is 94.2 Å². The van der Waals surface area contributed by atoms with Gasteiger partial charge in [-0.15, -0.1) is 0 Å². The molecule has 0 spiro atoms. The van der Waals surface area contributed by atoms with Crippen LogP contribution in [0.3, 0.4) is 0 Å². The summed E-state index contributed by atoms with van der Waals surface area (Å²) < 4.78 is 14.2. The monoisotopic (exact) mass is 307 g/mol. The van der Waals surface area contributed by atoms with Crippen molar-refractivity contribution in [3.63, 3.8) is 0 Å². The van der Waals surface area contributed by atoms with Crippen LogP contribution in [0.2, 0.25) is 5.02 Å². The van der Waals surface area contributed by atoms with Gasteiger partial charge in [-0.05, 0) is 18.2 Å². The number of nitrogens with two attached hydrogens (primary N) is 1. The van der Waals surface area contributed by atoms with Gasteiger partial charge in [0.2, 0.25) is 0 Å². The molecule has 3 rings (SSSR count). The SMILES string of the molecule is Nc1c2c(cc(=O)n1-c1ccc(F)c(Cl)c1)C(=O)NC2=O. The highest BCUT2D eigenvalue weighted by Crippen LogP contribution is 2.24. The smallest absolute Gasteiger partial charge is 0.262 e. The molecule has 0 radical (unpaired) electrons. The molecule has 1 aliphatic heterocycles. The molecule has 0 aliphatic carbocycles. The molecule has 21 heavy (non-hydrogen) atoms. The summed E-state index contributed by atoms with van der Waals surface area (Å²) in [4.78, 5) is 35.3. The summed E-state index contributed by atoms with van der Waals surface area (Å²) in [6.45, 7) is 0. The van der Waals surface area contributed by atoms with Crippen LogP contribution in [0.15, 0.2) is 29.1 Å². The molecule has 6 nitrogen and oxygen atoms in total. The quantitative estimate of drug-likeness (QED) is 0.771. The van der Waals surface area contributed by atoms with Crippen LogP contribution < -0.4 is 16.6 Å². The molecular weight excluding hydrogens is 301 g/mol. The number of carbonyl (C=O) groups excluding carboxylic acids is 2. The number of hydrogen-bond acceptors (Lipinski definition) is 4. The number of carbonyl (C=O) groups is 2. The van der Waals surface area contributed by atoms with Gasteiger partial charge in [0, 0.05) is 6.07 Å². The normalized spacial score (nSPS) is 13.2. The Morgan fingerprint density at radius 3 is 2.52 bits per heavy atom. The van der Waals surface area contributed by atoms with Gasteiger partial charge in [0.1, 0.15) is 11.6 Å². The second-order valence-corrected chi connectivity index (χ2v) is 4.78. The van der Waals surface area contributed by atoms with Crippen molar-refractivity contribution >= 4 is 29.2 Å². The molecule has 2 aromatic rings. The molecule has 0 unspecified atom stereocenters. The maximum Gasteiger partial charge on any atom is 0.262 e. The molecule has 0 saturated heterocycles. The number of pyridine rings is 1. The highest BCUT2D eigenvalue weighted by Gasteiger charge is 2.31. The Kier molecular flexibility index (Phi) is 2.80. The fourth-order valence-corrected chi connectivity index (χ4v) is 2.34. The molecule has 0 atom stereocenters. The highest BCUT2D eigenvalue weighted by atomic mass is 35.5. The summed E-state index contributed by atoms with van der Waals surface area (Å²) >= 11 is 5.67. The first-order valence-corrected chi connectivity index (χ1v) is 6.14. The van der Waals surface area contributed by atoms with Crippen molar-refractivity contribution < 1.29 is 14.0 Å². The van der Waals surface area contributed by atoms with Crippen molar-refractivity contribution in [2.45, 2.75) is 0 Å². The fraction of sp³-hybridized carbons (Fsp3) is 0. The number of halogens is 2. The number of aromatic nitrogens is 1. The van der Waals surface area contributed by atoms with Crippen LogP contribution in [0.25, 0.3) is 5.69 Å². The van der Waals surface area contributed by atoms with Crippen molar-refractivity contribution in [1.82, 2.24) is 9.88 Å². The minimum absolute atomic E-state index is 0.0769. The van der Waals surface area contributed by atoms with Gasteiger partial charge in [0.25, 0.3) is 17.4 Å². The number of rotatable bonds is 1. The largest absolute Gasteiger partial charge is 0.384 e. The molecule has 106 valence electrons. The van der Waals surface area contributed by atoms with E-state index in [1.54, 1.807) is 0 Å². The van der Waals surface area contributed by atoms with E-state index in [-0.39, 0.29) is 27.7 Å². The molecule has 0 bridgehead atoms. The molecule has 0 fully saturated rings. The van der Waals surface area contributed by atoms with E-state index in [2.05, 4.69) is 5.32 Å². The lowest BCUT2D eigenvalue weighted by atomic mass is 10.1. The number of nitrogens with one attached hydrogen (secondary N) is 1. The average Bonchev–Trinajstić information content (AvgIpc) is 2.69. The zero-order valence-electron chi connectivity index (χ0n) is 10.3. The summed E-state index contributed by atoms with van der Waals surface area (Å²) in [5, 5.41) is 1.86. The second-order valence-electron chi connectivity index (χ2n) is 4.37. The summed E-state index contributed by atoms with van der Waals surface area (Å²) in [5.41, 5.74) is 5.23. The zero-order chi connectivity index (χ0) is 15.3. The van der Waals surface area contributed by atoms with Crippen LogP contribution in [-0.4, -0.2) is 16.4 Å². The third kappa shape index (κ3) is 1.90. The summed E-state index contributed by atoms with van der Waals surface area (Å²) in [7, 11) is 0. The Bertz CT molecular complexity index is 876. The Labute approximate surface area is 121 Å². The maximum absolute atomic E-state index is 13.2. The van der Waals surface area contributed by atoms with E-state index in [4.69, 9.17) is 17.3 Å². The Morgan fingerprint density at radius 2 is 1.86 bits per heavy atom. The van der Waals surface area contributed by atoms with E-state index in [0.29, 0.717) is 0 Å². The van der Waals surface area contributed by atoms with Gasteiger partial charge in [0.05, 0.1) is 21.8 Å². The van der Waals surface area contributed by atoms with E-state index in [1.807, 2.05) is 0 Å². The van der Waals surface area contributed by atoms with E-state index in [1.165, 1.54) is 12.1 Å². The molecule has 2 amide bonds. The Morgan fingerprint density at radius 1 is 1.14 bits per heavy atom. The van der Waals surface area contributed by atoms with Crippen LogP contribution in [0.4, 0.5) is 10.2 Å². The standard InChI is InChI=1S/C13H7ClFN3O3/c14-7-3-5(1-2-8(7)15)18-9(19)4-6-10(11(18)16)13(21)17-12(6)20/h1-4H,16H2,(H,17,20,21). The first-order chi connectivity index (χ1) is 9.90. The summed E-state index contributed by atoms with van der Waals surface area (Å²) in [6.07, 6.45) is 0. The molecule has 0 saturated carbocycles. The van der Waals surface area contributed by atoms with Crippen molar-refractivity contribution in [2.75, 3.05) is 5.73 Å². The van der Waals surface area contributed by atoms with Gasteiger partial charge >= 0.3 is 0 Å². The summed E-state index contributed by atoms with van der Waals surface area (Å²) in [6, 6.07) is 4.57. The number of anilines is 1. The molecule has 1 aromatic heterocycles. The van der Waals surface area contributed by atoms with Crippen LogP contribution >= 0.6 is 11.6 Å². The number of benzene rings is 1. The molecule has 2 heterocycles. The lowest BCUT2D eigenvalue weighted by molar-refractivity contribution is 0.0880. The fourth-order valence-electron chi connectivity index (χ4n) is 2.17. The minimum Gasteiger partial charge on any atom is -0.384 e. The van der Waals surface area contributed by atoms with Crippen LogP contribution in [0.1, 0.15) is 20.7 Å². The van der Waals surface area contributed by atoms with Crippen LogP contribution in [0, 0.1) is 5.82 Å². The van der Waals surface area contributed by atoms with E-state index >= 15 is 0 Å². The number of fused-ring (bicyclic) bond motifs is 1. The number of imide groups is 1. The van der Waals surface area contributed by atoms with E-state index in [9.17, 15) is 18.8 Å². The lowest BCUT2D eigenvalue weighted by Crippen LogP contribution is -2.24. The van der Waals surface area contributed by atoms with E-state index in [0.717, 1.165) is 16.7 Å². The third-order valence-electron chi connectivity index (χ3n) is 3.11. The molecular formula is C13H7ClFN3O3. The number of nitrogen functional groups attached to an aromatic ring is 1. The van der Waals surface area contributed by atoms with Crippen molar-refractivity contribution in [3.05, 3.63) is 56.6 Å². The molecule has 8 heteroatoms. The molecule has 1 aromatic carbocycles. The van der Waals surface area contributed by atoms with Crippen LogP contribution in [-0.2, 0) is 0 Å². The number of hydrogen-bond donors (Lipinski definition) is 2. The Balaban J connectivity index is 2.32. The average molecular weight is 308 g/mol. The highest BCUT2D eigenvalue weighted by molar-refractivity contribution is 6.31. The van der Waals surface area contributed by atoms with Gasteiger partial charge in [-0.25, -0.2) is 4.39 Å². The lowest BCUT2D eigenvalue weighted by Gasteiger charge is -2.12. The number of nitrogens with zero attached hydrogens (tertiary/aromatic N) is 1. The first-order valence-electron chi connectivity index (χ1n) is 5.77. The van der Waals surface area contributed by atoms with Gasteiger partial charge in [-0.3, -0.25) is 24.3 Å². The van der Waals surface area contributed by atoms with Crippen molar-refractivity contribution in [3.8, 4) is 5.69 Å². The van der Waals surface area contributed by atoms with Crippen LogP contribution in [0.5, 0.6) is 0 Å². The Hall–Kier alpha value is -2.67.